The first-order chi connectivity index (χ1) is 12.6. The lowest BCUT2D eigenvalue weighted by atomic mass is 9.73. The number of pyridine rings is 1. The van der Waals surface area contributed by atoms with Crippen molar-refractivity contribution in [2.24, 2.45) is 0 Å². The Morgan fingerprint density at radius 3 is 2.35 bits per heavy atom. The van der Waals surface area contributed by atoms with Crippen LogP contribution in [-0.4, -0.2) is 4.98 Å². The maximum absolute atomic E-state index is 10.2. The molecule has 3 aromatic rings. The standard InChI is InChI=1S/C22H18Cl2N2/c23-20-8-6-19(7-9-20)22(16-25,14-18-4-2-12-26-15-18)11-10-17-3-1-5-21(24)13-17/h1-9,12-13,15H,10-11,14H2. The summed E-state index contributed by atoms with van der Waals surface area (Å²) in [5, 5.41) is 11.5. The van der Waals surface area contributed by atoms with Gasteiger partial charge in [0.15, 0.2) is 0 Å². The molecule has 1 unspecified atom stereocenters. The van der Waals surface area contributed by atoms with Crippen LogP contribution in [0.5, 0.6) is 0 Å². The number of rotatable bonds is 6. The number of benzene rings is 2. The van der Waals surface area contributed by atoms with Crippen molar-refractivity contribution >= 4 is 23.2 Å². The Labute approximate surface area is 164 Å². The van der Waals surface area contributed by atoms with Gasteiger partial charge in [-0.3, -0.25) is 4.98 Å². The summed E-state index contributed by atoms with van der Waals surface area (Å²) in [6.07, 6.45) is 5.60. The van der Waals surface area contributed by atoms with Crippen LogP contribution in [0.1, 0.15) is 23.1 Å². The molecule has 0 amide bonds. The number of halogens is 2. The average Bonchev–Trinajstić information content (AvgIpc) is 2.67. The van der Waals surface area contributed by atoms with Crippen molar-refractivity contribution < 1.29 is 0 Å². The molecule has 0 spiro atoms. The highest BCUT2D eigenvalue weighted by atomic mass is 35.5. The lowest BCUT2D eigenvalue weighted by molar-refractivity contribution is 0.499. The van der Waals surface area contributed by atoms with Gasteiger partial charge in [-0.25, -0.2) is 0 Å². The summed E-state index contributed by atoms with van der Waals surface area (Å²) < 4.78 is 0. The van der Waals surface area contributed by atoms with Gasteiger partial charge in [0.1, 0.15) is 0 Å². The Balaban J connectivity index is 1.94. The second-order valence-corrected chi connectivity index (χ2v) is 7.24. The molecule has 0 aliphatic carbocycles. The summed E-state index contributed by atoms with van der Waals surface area (Å²) in [5.41, 5.74) is 2.47. The minimum atomic E-state index is -0.657. The Bertz CT molecular complexity index is 901. The first-order valence-electron chi connectivity index (χ1n) is 8.42. The van der Waals surface area contributed by atoms with Gasteiger partial charge in [-0.1, -0.05) is 53.5 Å². The molecule has 1 heterocycles. The van der Waals surface area contributed by atoms with E-state index in [1.54, 1.807) is 6.20 Å². The Kier molecular flexibility index (Phi) is 5.93. The third-order valence-electron chi connectivity index (χ3n) is 4.57. The van der Waals surface area contributed by atoms with E-state index in [1.807, 2.05) is 66.9 Å². The SMILES string of the molecule is N#CC(CCc1cccc(Cl)c1)(Cc1cccnc1)c1ccc(Cl)cc1. The van der Waals surface area contributed by atoms with Crippen LogP contribution in [0.4, 0.5) is 0 Å². The lowest BCUT2D eigenvalue weighted by Gasteiger charge is -2.27. The van der Waals surface area contributed by atoms with Gasteiger partial charge in [0, 0.05) is 22.4 Å². The van der Waals surface area contributed by atoms with Crippen LogP contribution in [0.3, 0.4) is 0 Å². The van der Waals surface area contributed by atoms with Gasteiger partial charge in [-0.2, -0.15) is 5.26 Å². The van der Waals surface area contributed by atoms with Crippen molar-refractivity contribution in [1.82, 2.24) is 4.98 Å². The van der Waals surface area contributed by atoms with Crippen molar-refractivity contribution in [3.05, 3.63) is 99.8 Å². The molecule has 1 aromatic heterocycles. The van der Waals surface area contributed by atoms with Crippen LogP contribution in [0, 0.1) is 11.3 Å². The third kappa shape index (κ3) is 4.43. The molecule has 3 rings (SSSR count). The maximum atomic E-state index is 10.2. The van der Waals surface area contributed by atoms with Crippen LogP contribution in [0.25, 0.3) is 0 Å². The molecule has 0 saturated carbocycles. The van der Waals surface area contributed by atoms with Crippen LogP contribution in [0.15, 0.2) is 73.1 Å². The molecule has 26 heavy (non-hydrogen) atoms. The first kappa shape index (κ1) is 18.5. The number of nitriles is 1. The maximum Gasteiger partial charge on any atom is 0.0866 e. The highest BCUT2D eigenvalue weighted by Gasteiger charge is 2.32. The van der Waals surface area contributed by atoms with Gasteiger partial charge < -0.3 is 0 Å². The molecule has 0 bridgehead atoms. The van der Waals surface area contributed by atoms with Gasteiger partial charge in [0.2, 0.25) is 0 Å². The largest absolute Gasteiger partial charge is 0.264 e. The van der Waals surface area contributed by atoms with E-state index in [0.29, 0.717) is 22.9 Å². The Morgan fingerprint density at radius 1 is 0.923 bits per heavy atom. The smallest absolute Gasteiger partial charge is 0.0866 e. The molecule has 1 atom stereocenters. The number of hydrogen-bond acceptors (Lipinski definition) is 2. The van der Waals surface area contributed by atoms with Gasteiger partial charge in [-0.05, 0) is 66.3 Å². The van der Waals surface area contributed by atoms with Gasteiger partial charge in [-0.15, -0.1) is 0 Å². The molecule has 2 nitrogen and oxygen atoms in total. The van der Waals surface area contributed by atoms with Crippen molar-refractivity contribution in [1.29, 1.82) is 5.26 Å². The summed E-state index contributed by atoms with van der Waals surface area (Å²) in [6.45, 7) is 0. The second-order valence-electron chi connectivity index (χ2n) is 6.37. The third-order valence-corrected chi connectivity index (χ3v) is 5.06. The van der Waals surface area contributed by atoms with Crippen molar-refractivity contribution in [3.8, 4) is 6.07 Å². The van der Waals surface area contributed by atoms with Crippen molar-refractivity contribution in [2.45, 2.75) is 24.7 Å². The number of nitrogens with zero attached hydrogens (tertiary/aromatic N) is 2. The van der Waals surface area contributed by atoms with Gasteiger partial charge in [0.05, 0.1) is 11.5 Å². The normalized spacial score (nSPS) is 13.0. The molecule has 4 heteroatoms. The monoisotopic (exact) mass is 380 g/mol. The van der Waals surface area contributed by atoms with E-state index in [0.717, 1.165) is 23.1 Å². The topological polar surface area (TPSA) is 36.7 Å². The number of aryl methyl sites for hydroxylation is 1. The van der Waals surface area contributed by atoms with Crippen LogP contribution in [-0.2, 0) is 18.3 Å². The van der Waals surface area contributed by atoms with Gasteiger partial charge >= 0.3 is 0 Å². The van der Waals surface area contributed by atoms with Crippen LogP contribution < -0.4 is 0 Å². The highest BCUT2D eigenvalue weighted by Crippen LogP contribution is 2.34. The molecular formula is C22H18Cl2N2. The molecular weight excluding hydrogens is 363 g/mol. The molecule has 0 radical (unpaired) electrons. The number of hydrogen-bond donors (Lipinski definition) is 0. The predicted octanol–water partition coefficient (Wildman–Crippen LogP) is 6.03. The minimum absolute atomic E-state index is 0.597. The van der Waals surface area contributed by atoms with E-state index >= 15 is 0 Å². The molecule has 0 saturated heterocycles. The minimum Gasteiger partial charge on any atom is -0.264 e. The van der Waals surface area contributed by atoms with Crippen molar-refractivity contribution in [2.75, 3.05) is 0 Å². The summed E-state index contributed by atoms with van der Waals surface area (Å²) in [6, 6.07) is 21.8. The van der Waals surface area contributed by atoms with E-state index in [1.165, 1.54) is 0 Å². The van der Waals surface area contributed by atoms with Crippen LogP contribution >= 0.6 is 23.2 Å². The first-order valence-corrected chi connectivity index (χ1v) is 9.17. The fourth-order valence-corrected chi connectivity index (χ4v) is 3.50. The lowest BCUT2D eigenvalue weighted by Crippen LogP contribution is -2.28. The molecule has 0 aliphatic rings. The summed E-state index contributed by atoms with van der Waals surface area (Å²) in [5.74, 6) is 0. The molecule has 0 aliphatic heterocycles. The second kappa shape index (κ2) is 8.36. The fraction of sp³-hybridized carbons (Fsp3) is 0.182. The van der Waals surface area contributed by atoms with Crippen molar-refractivity contribution in [3.63, 3.8) is 0 Å². The molecule has 2 aromatic carbocycles. The summed E-state index contributed by atoms with van der Waals surface area (Å²) in [7, 11) is 0. The van der Waals surface area contributed by atoms with E-state index in [4.69, 9.17) is 23.2 Å². The molecule has 0 fully saturated rings. The molecule has 0 N–H and O–H groups in total. The van der Waals surface area contributed by atoms with E-state index in [-0.39, 0.29) is 0 Å². The van der Waals surface area contributed by atoms with Gasteiger partial charge in [0.25, 0.3) is 0 Å². The van der Waals surface area contributed by atoms with E-state index in [9.17, 15) is 5.26 Å². The highest BCUT2D eigenvalue weighted by molar-refractivity contribution is 6.30. The quantitative estimate of drug-likeness (QED) is 0.523. The Hall–Kier alpha value is -2.34. The van der Waals surface area contributed by atoms with E-state index < -0.39 is 5.41 Å². The van der Waals surface area contributed by atoms with Crippen LogP contribution in [0.2, 0.25) is 10.0 Å². The number of aromatic nitrogens is 1. The van der Waals surface area contributed by atoms with E-state index in [2.05, 4.69) is 11.1 Å². The zero-order valence-electron chi connectivity index (χ0n) is 14.2. The molecule has 130 valence electrons. The zero-order valence-corrected chi connectivity index (χ0v) is 15.7. The predicted molar refractivity (Wildman–Crippen MR) is 106 cm³/mol. The zero-order chi connectivity index (χ0) is 18.4. The average molecular weight is 381 g/mol. The fourth-order valence-electron chi connectivity index (χ4n) is 3.17. The Morgan fingerprint density at radius 2 is 1.69 bits per heavy atom. The summed E-state index contributed by atoms with van der Waals surface area (Å²) >= 11 is 12.2. The summed E-state index contributed by atoms with van der Waals surface area (Å²) in [4.78, 5) is 4.19.